The average molecular weight is 308 g/mol. The number of urea groups is 1. The van der Waals surface area contributed by atoms with Gasteiger partial charge in [0.25, 0.3) is 0 Å². The van der Waals surface area contributed by atoms with Gasteiger partial charge in [0.05, 0.1) is 16.3 Å². The van der Waals surface area contributed by atoms with Crippen LogP contribution in [0.3, 0.4) is 0 Å². The molecule has 0 spiro atoms. The van der Waals surface area contributed by atoms with Gasteiger partial charge in [0, 0.05) is 10.9 Å². The molecule has 2 N–H and O–H groups in total. The number of hydrogen-bond donors (Lipinski definition) is 2. The Morgan fingerprint density at radius 2 is 2.00 bits per heavy atom. The Balaban J connectivity index is 1.93. The first-order valence-corrected chi connectivity index (χ1v) is 7.97. The summed E-state index contributed by atoms with van der Waals surface area (Å²) < 4.78 is 0. The maximum absolute atomic E-state index is 12.1. The number of carbonyl (C=O) groups is 2. The Kier molecular flexibility index (Phi) is 4.92. The number of amides is 2. The van der Waals surface area contributed by atoms with Gasteiger partial charge in [0.1, 0.15) is 0 Å². The average Bonchev–Trinajstić information content (AvgIpc) is 3.06. The number of thiophene rings is 2. The maximum Gasteiger partial charge on any atom is 0.315 e. The molecule has 0 aromatic carbocycles. The van der Waals surface area contributed by atoms with Crippen molar-refractivity contribution in [2.45, 2.75) is 26.4 Å². The van der Waals surface area contributed by atoms with Gasteiger partial charge in [0.2, 0.25) is 5.78 Å². The Hall–Kier alpha value is -1.66. The van der Waals surface area contributed by atoms with Crippen molar-refractivity contribution in [2.24, 2.45) is 0 Å². The Morgan fingerprint density at radius 1 is 1.20 bits per heavy atom. The fraction of sp³-hybridized carbons (Fsp3) is 0.286. The van der Waals surface area contributed by atoms with Crippen LogP contribution < -0.4 is 10.6 Å². The highest BCUT2D eigenvalue weighted by Gasteiger charge is 2.13. The summed E-state index contributed by atoms with van der Waals surface area (Å²) in [6, 6.07) is 7.28. The zero-order chi connectivity index (χ0) is 14.5. The van der Waals surface area contributed by atoms with Gasteiger partial charge < -0.3 is 10.6 Å². The van der Waals surface area contributed by atoms with E-state index in [1.807, 2.05) is 43.5 Å². The summed E-state index contributed by atoms with van der Waals surface area (Å²) in [5.41, 5.74) is 0. The molecule has 0 aliphatic carbocycles. The van der Waals surface area contributed by atoms with E-state index in [2.05, 4.69) is 10.6 Å². The minimum absolute atomic E-state index is 0.0443. The first kappa shape index (κ1) is 14.7. The topological polar surface area (TPSA) is 58.2 Å². The SMILES string of the molecule is CC(C)NC(=O)NCc1ccc(C(=O)c2cccs2)s1. The second-order valence-electron chi connectivity index (χ2n) is 4.55. The molecule has 4 nitrogen and oxygen atoms in total. The van der Waals surface area contributed by atoms with Gasteiger partial charge in [-0.05, 0) is 37.4 Å². The third-order valence-corrected chi connectivity index (χ3v) is 4.43. The highest BCUT2D eigenvalue weighted by atomic mass is 32.1. The van der Waals surface area contributed by atoms with Crippen LogP contribution in [0.1, 0.15) is 33.3 Å². The van der Waals surface area contributed by atoms with Gasteiger partial charge in [-0.15, -0.1) is 22.7 Å². The molecule has 20 heavy (non-hydrogen) atoms. The van der Waals surface area contributed by atoms with Crippen LogP contribution in [0, 0.1) is 0 Å². The Morgan fingerprint density at radius 3 is 2.65 bits per heavy atom. The molecular formula is C14H16N2O2S2. The molecule has 0 bridgehead atoms. The predicted octanol–water partition coefficient (Wildman–Crippen LogP) is 3.25. The van der Waals surface area contributed by atoms with Gasteiger partial charge >= 0.3 is 6.03 Å². The minimum Gasteiger partial charge on any atom is -0.336 e. The van der Waals surface area contributed by atoms with Crippen molar-refractivity contribution >= 4 is 34.5 Å². The Labute approximate surface area is 125 Å². The summed E-state index contributed by atoms with van der Waals surface area (Å²) in [6.07, 6.45) is 0. The van der Waals surface area contributed by atoms with E-state index in [-0.39, 0.29) is 17.9 Å². The van der Waals surface area contributed by atoms with Crippen molar-refractivity contribution in [3.8, 4) is 0 Å². The zero-order valence-electron chi connectivity index (χ0n) is 11.3. The maximum atomic E-state index is 12.1. The monoisotopic (exact) mass is 308 g/mol. The molecule has 0 aliphatic rings. The van der Waals surface area contributed by atoms with Crippen molar-refractivity contribution in [2.75, 3.05) is 0 Å². The van der Waals surface area contributed by atoms with Crippen molar-refractivity contribution in [3.05, 3.63) is 44.3 Å². The third-order valence-electron chi connectivity index (χ3n) is 2.47. The summed E-state index contributed by atoms with van der Waals surface area (Å²) in [7, 11) is 0. The standard InChI is InChI=1S/C14H16N2O2S2/c1-9(2)16-14(18)15-8-10-5-6-12(20-10)13(17)11-4-3-7-19-11/h3-7,9H,8H2,1-2H3,(H2,15,16,18). The smallest absolute Gasteiger partial charge is 0.315 e. The van der Waals surface area contributed by atoms with E-state index in [0.717, 1.165) is 9.75 Å². The molecule has 2 aromatic rings. The number of ketones is 1. The van der Waals surface area contributed by atoms with Crippen LogP contribution in [-0.2, 0) is 6.54 Å². The van der Waals surface area contributed by atoms with Crippen molar-refractivity contribution in [1.29, 1.82) is 0 Å². The molecule has 2 aromatic heterocycles. The van der Waals surface area contributed by atoms with Gasteiger partial charge in [-0.25, -0.2) is 4.79 Å². The van der Waals surface area contributed by atoms with Gasteiger partial charge in [0.15, 0.2) is 0 Å². The summed E-state index contributed by atoms with van der Waals surface area (Å²) in [4.78, 5) is 26.0. The fourth-order valence-electron chi connectivity index (χ4n) is 1.60. The van der Waals surface area contributed by atoms with Gasteiger partial charge in [-0.2, -0.15) is 0 Å². The van der Waals surface area contributed by atoms with E-state index in [0.29, 0.717) is 11.4 Å². The van der Waals surface area contributed by atoms with Gasteiger partial charge in [-0.1, -0.05) is 6.07 Å². The predicted molar refractivity (Wildman–Crippen MR) is 82.6 cm³/mol. The quantitative estimate of drug-likeness (QED) is 0.833. The van der Waals surface area contributed by atoms with Crippen molar-refractivity contribution in [3.63, 3.8) is 0 Å². The highest BCUT2D eigenvalue weighted by molar-refractivity contribution is 7.16. The number of nitrogens with one attached hydrogen (secondary N) is 2. The van der Waals surface area contributed by atoms with Crippen LogP contribution in [0.15, 0.2) is 29.6 Å². The minimum atomic E-state index is -0.195. The van der Waals surface area contributed by atoms with E-state index in [1.54, 1.807) is 0 Å². The molecule has 0 saturated carbocycles. The molecule has 0 radical (unpaired) electrons. The lowest BCUT2D eigenvalue weighted by atomic mass is 10.3. The lowest BCUT2D eigenvalue weighted by Gasteiger charge is -2.08. The molecule has 2 rings (SSSR count). The summed E-state index contributed by atoms with van der Waals surface area (Å²) in [5, 5.41) is 7.41. The molecule has 0 unspecified atom stereocenters. The molecule has 0 fully saturated rings. The van der Waals surface area contributed by atoms with E-state index in [1.165, 1.54) is 22.7 Å². The first-order valence-electron chi connectivity index (χ1n) is 6.27. The fourth-order valence-corrected chi connectivity index (χ4v) is 3.25. The Bertz CT molecular complexity index is 588. The summed E-state index contributed by atoms with van der Waals surface area (Å²) >= 11 is 2.85. The van der Waals surface area contributed by atoms with E-state index in [4.69, 9.17) is 0 Å². The van der Waals surface area contributed by atoms with Crippen LogP contribution in [-0.4, -0.2) is 17.9 Å². The van der Waals surface area contributed by atoms with Crippen LogP contribution in [0.25, 0.3) is 0 Å². The molecule has 0 atom stereocenters. The number of hydrogen-bond acceptors (Lipinski definition) is 4. The molecule has 2 amide bonds. The highest BCUT2D eigenvalue weighted by Crippen LogP contribution is 2.22. The largest absolute Gasteiger partial charge is 0.336 e. The summed E-state index contributed by atoms with van der Waals surface area (Å²) in [6.45, 7) is 4.24. The molecule has 106 valence electrons. The molecular weight excluding hydrogens is 292 g/mol. The first-order chi connectivity index (χ1) is 9.56. The summed E-state index contributed by atoms with van der Waals surface area (Å²) in [5.74, 6) is 0.0443. The van der Waals surface area contributed by atoms with Crippen LogP contribution in [0.4, 0.5) is 4.79 Å². The van der Waals surface area contributed by atoms with Crippen LogP contribution in [0.5, 0.6) is 0 Å². The lowest BCUT2D eigenvalue weighted by Crippen LogP contribution is -2.38. The van der Waals surface area contributed by atoms with E-state index >= 15 is 0 Å². The van der Waals surface area contributed by atoms with Crippen LogP contribution in [0.2, 0.25) is 0 Å². The second-order valence-corrected chi connectivity index (χ2v) is 6.67. The normalized spacial score (nSPS) is 10.6. The van der Waals surface area contributed by atoms with Gasteiger partial charge in [-0.3, -0.25) is 4.79 Å². The molecule has 2 heterocycles. The second kappa shape index (κ2) is 6.67. The van der Waals surface area contributed by atoms with Crippen molar-refractivity contribution in [1.82, 2.24) is 10.6 Å². The third kappa shape index (κ3) is 3.91. The van der Waals surface area contributed by atoms with E-state index < -0.39 is 0 Å². The molecule has 0 saturated heterocycles. The number of carbonyl (C=O) groups excluding carboxylic acids is 2. The molecule has 6 heteroatoms. The van der Waals surface area contributed by atoms with Crippen LogP contribution >= 0.6 is 22.7 Å². The lowest BCUT2D eigenvalue weighted by molar-refractivity contribution is 0.104. The zero-order valence-corrected chi connectivity index (χ0v) is 12.9. The molecule has 0 aliphatic heterocycles. The van der Waals surface area contributed by atoms with Crippen molar-refractivity contribution < 1.29 is 9.59 Å². The number of rotatable bonds is 5. The van der Waals surface area contributed by atoms with E-state index in [9.17, 15) is 9.59 Å².